The van der Waals surface area contributed by atoms with Crippen LogP contribution in [0.1, 0.15) is 11.4 Å². The fourth-order valence-electron chi connectivity index (χ4n) is 0.887. The molecule has 1 aromatic rings. The zero-order chi connectivity index (χ0) is 10.8. The molecule has 0 atom stereocenters. The van der Waals surface area contributed by atoms with Gasteiger partial charge in [0.15, 0.2) is 0 Å². The summed E-state index contributed by atoms with van der Waals surface area (Å²) in [7, 11) is 0. The molecule has 14 heavy (non-hydrogen) atoms. The van der Waals surface area contributed by atoms with Gasteiger partial charge in [-0.2, -0.15) is 5.26 Å². The first-order valence-corrected chi connectivity index (χ1v) is 3.55. The normalized spacial score (nSPS) is 10.8. The molecule has 1 rings (SSSR count). The van der Waals surface area contributed by atoms with E-state index in [0.717, 1.165) is 12.1 Å². The van der Waals surface area contributed by atoms with Crippen molar-refractivity contribution in [1.29, 1.82) is 5.26 Å². The molecule has 0 aliphatic carbocycles. The van der Waals surface area contributed by atoms with Gasteiger partial charge in [0.05, 0.1) is 0 Å². The molecular formula is C8H5F3N2O. The number of hydrogen-bond donors (Lipinski definition) is 0. The van der Waals surface area contributed by atoms with Crippen molar-refractivity contribution < 1.29 is 17.9 Å². The zero-order valence-electron chi connectivity index (χ0n) is 7.09. The standard InChI is InChI=1S/C8H5F3N2O/c1-5-2-7(14-8(9,10)11)3-6(4-12)13-5/h2-3H,1H3. The number of nitrogens with zero attached hydrogens (tertiary/aromatic N) is 2. The number of rotatable bonds is 1. The SMILES string of the molecule is Cc1cc(OC(F)(F)F)cc(C#N)n1. The highest BCUT2D eigenvalue weighted by Crippen LogP contribution is 2.23. The molecule has 0 aromatic carbocycles. The van der Waals surface area contributed by atoms with E-state index < -0.39 is 12.1 Å². The second-order valence-electron chi connectivity index (χ2n) is 2.49. The topological polar surface area (TPSA) is 45.9 Å². The van der Waals surface area contributed by atoms with Crippen molar-refractivity contribution in [2.24, 2.45) is 0 Å². The second-order valence-corrected chi connectivity index (χ2v) is 2.49. The summed E-state index contributed by atoms with van der Waals surface area (Å²) in [5.74, 6) is -0.429. The summed E-state index contributed by atoms with van der Waals surface area (Å²) in [6.07, 6.45) is -4.75. The molecule has 74 valence electrons. The summed E-state index contributed by atoms with van der Waals surface area (Å²) in [5.41, 5.74) is 0.188. The summed E-state index contributed by atoms with van der Waals surface area (Å²) >= 11 is 0. The number of pyridine rings is 1. The van der Waals surface area contributed by atoms with Crippen LogP contribution in [0.2, 0.25) is 0 Å². The summed E-state index contributed by atoms with van der Waals surface area (Å²) in [5, 5.41) is 8.44. The molecule has 1 aromatic heterocycles. The van der Waals surface area contributed by atoms with Crippen LogP contribution in [0.4, 0.5) is 13.2 Å². The lowest BCUT2D eigenvalue weighted by Crippen LogP contribution is -2.17. The van der Waals surface area contributed by atoms with E-state index in [2.05, 4.69) is 9.72 Å². The third kappa shape index (κ3) is 2.94. The van der Waals surface area contributed by atoms with Crippen molar-refractivity contribution in [3.63, 3.8) is 0 Å². The Morgan fingerprint density at radius 3 is 2.57 bits per heavy atom. The van der Waals surface area contributed by atoms with E-state index in [1.807, 2.05) is 0 Å². The van der Waals surface area contributed by atoms with Gasteiger partial charge < -0.3 is 4.74 Å². The molecule has 6 heteroatoms. The molecule has 0 aliphatic rings. The summed E-state index contributed by atoms with van der Waals surface area (Å²) in [6.45, 7) is 1.48. The largest absolute Gasteiger partial charge is 0.573 e. The van der Waals surface area contributed by atoms with Crippen LogP contribution in [0.15, 0.2) is 12.1 Å². The number of aryl methyl sites for hydroxylation is 1. The van der Waals surface area contributed by atoms with E-state index in [0.29, 0.717) is 5.69 Å². The maximum Gasteiger partial charge on any atom is 0.573 e. The highest BCUT2D eigenvalue weighted by molar-refractivity contribution is 5.32. The van der Waals surface area contributed by atoms with Crippen LogP contribution in [0.25, 0.3) is 0 Å². The van der Waals surface area contributed by atoms with Crippen LogP contribution in [0.5, 0.6) is 5.75 Å². The van der Waals surface area contributed by atoms with Crippen LogP contribution in [0, 0.1) is 18.3 Å². The van der Waals surface area contributed by atoms with Crippen molar-refractivity contribution in [3.8, 4) is 11.8 Å². The first-order chi connectivity index (χ1) is 6.40. The minimum Gasteiger partial charge on any atom is -0.406 e. The molecule has 0 saturated carbocycles. The number of nitriles is 1. The smallest absolute Gasteiger partial charge is 0.406 e. The van der Waals surface area contributed by atoms with Gasteiger partial charge in [-0.3, -0.25) is 0 Å². The van der Waals surface area contributed by atoms with Crippen molar-refractivity contribution in [3.05, 3.63) is 23.5 Å². The fraction of sp³-hybridized carbons (Fsp3) is 0.250. The Hall–Kier alpha value is -1.77. The lowest BCUT2D eigenvalue weighted by molar-refractivity contribution is -0.274. The predicted molar refractivity (Wildman–Crippen MR) is 40.4 cm³/mol. The first-order valence-electron chi connectivity index (χ1n) is 3.55. The number of aromatic nitrogens is 1. The molecule has 0 aliphatic heterocycles. The van der Waals surface area contributed by atoms with Crippen LogP contribution in [-0.2, 0) is 0 Å². The molecule has 0 unspecified atom stereocenters. The maximum absolute atomic E-state index is 11.8. The van der Waals surface area contributed by atoms with E-state index in [9.17, 15) is 13.2 Å². The van der Waals surface area contributed by atoms with E-state index in [-0.39, 0.29) is 5.69 Å². The average molecular weight is 202 g/mol. The minimum atomic E-state index is -4.75. The summed E-state index contributed by atoms with van der Waals surface area (Å²) in [6, 6.07) is 3.67. The molecule has 0 fully saturated rings. The quantitative estimate of drug-likeness (QED) is 0.700. The van der Waals surface area contributed by atoms with Crippen molar-refractivity contribution in [2.45, 2.75) is 13.3 Å². The first kappa shape index (κ1) is 10.3. The van der Waals surface area contributed by atoms with Gasteiger partial charge in [0, 0.05) is 17.8 Å². The highest BCUT2D eigenvalue weighted by atomic mass is 19.4. The molecule has 1 heterocycles. The fourth-order valence-corrected chi connectivity index (χ4v) is 0.887. The molecule has 0 amide bonds. The van der Waals surface area contributed by atoms with Crippen molar-refractivity contribution >= 4 is 0 Å². The third-order valence-corrected chi connectivity index (χ3v) is 1.28. The second kappa shape index (κ2) is 3.54. The molecule has 0 saturated heterocycles. The van der Waals surface area contributed by atoms with Gasteiger partial charge in [0.1, 0.15) is 17.5 Å². The van der Waals surface area contributed by atoms with Gasteiger partial charge in [-0.05, 0) is 6.92 Å². The Kier molecular flexibility index (Phi) is 2.60. The van der Waals surface area contributed by atoms with Crippen molar-refractivity contribution in [2.75, 3.05) is 0 Å². The van der Waals surface area contributed by atoms with E-state index in [1.165, 1.54) is 6.92 Å². The lowest BCUT2D eigenvalue weighted by atomic mass is 10.3. The van der Waals surface area contributed by atoms with Gasteiger partial charge in [-0.25, -0.2) is 4.98 Å². The van der Waals surface area contributed by atoms with Gasteiger partial charge in [0.25, 0.3) is 0 Å². The molecular weight excluding hydrogens is 197 g/mol. The number of hydrogen-bond acceptors (Lipinski definition) is 3. The van der Waals surface area contributed by atoms with E-state index >= 15 is 0 Å². The van der Waals surface area contributed by atoms with Crippen LogP contribution in [0.3, 0.4) is 0 Å². The van der Waals surface area contributed by atoms with E-state index in [1.54, 1.807) is 6.07 Å². The monoisotopic (exact) mass is 202 g/mol. The predicted octanol–water partition coefficient (Wildman–Crippen LogP) is 2.16. The highest BCUT2D eigenvalue weighted by Gasteiger charge is 2.31. The zero-order valence-corrected chi connectivity index (χ0v) is 7.09. The third-order valence-electron chi connectivity index (χ3n) is 1.28. The summed E-state index contributed by atoms with van der Waals surface area (Å²) < 4.78 is 39.0. The molecule has 0 bridgehead atoms. The molecule has 3 nitrogen and oxygen atoms in total. The Bertz CT molecular complexity index is 381. The Morgan fingerprint density at radius 1 is 1.43 bits per heavy atom. The van der Waals surface area contributed by atoms with Gasteiger partial charge >= 0.3 is 6.36 Å². The summed E-state index contributed by atoms with van der Waals surface area (Å²) in [4.78, 5) is 3.67. The molecule has 0 N–H and O–H groups in total. The Labute approximate surface area is 77.7 Å². The number of alkyl halides is 3. The van der Waals surface area contributed by atoms with Crippen LogP contribution >= 0.6 is 0 Å². The lowest BCUT2D eigenvalue weighted by Gasteiger charge is -2.08. The Balaban J connectivity index is 3.00. The van der Waals surface area contributed by atoms with E-state index in [4.69, 9.17) is 5.26 Å². The van der Waals surface area contributed by atoms with Crippen LogP contribution in [-0.4, -0.2) is 11.3 Å². The Morgan fingerprint density at radius 2 is 2.07 bits per heavy atom. The number of ether oxygens (including phenoxy) is 1. The van der Waals surface area contributed by atoms with Gasteiger partial charge in [-0.15, -0.1) is 13.2 Å². The molecule has 0 spiro atoms. The average Bonchev–Trinajstić information content (AvgIpc) is 1.99. The maximum atomic E-state index is 11.8. The van der Waals surface area contributed by atoms with Gasteiger partial charge in [-0.1, -0.05) is 0 Å². The molecule has 0 radical (unpaired) electrons. The van der Waals surface area contributed by atoms with Gasteiger partial charge in [0.2, 0.25) is 0 Å². The number of halogens is 3. The van der Waals surface area contributed by atoms with Crippen molar-refractivity contribution in [1.82, 2.24) is 4.98 Å². The minimum absolute atomic E-state index is 0.107. The van der Waals surface area contributed by atoms with Crippen LogP contribution < -0.4 is 4.74 Å².